The lowest BCUT2D eigenvalue weighted by Gasteiger charge is -2.32. The molecule has 5 rings (SSSR count). The molecule has 2 aliphatic rings. The number of aryl methyl sites for hydroxylation is 1. The number of hydrogen-bond donors (Lipinski definition) is 0. The van der Waals surface area contributed by atoms with Crippen LogP contribution in [0.3, 0.4) is 0 Å². The van der Waals surface area contributed by atoms with E-state index in [2.05, 4.69) is 39.2 Å². The second-order valence-corrected chi connectivity index (χ2v) is 10.7. The lowest BCUT2D eigenvalue weighted by molar-refractivity contribution is 0.122. The summed E-state index contributed by atoms with van der Waals surface area (Å²) in [5, 5.41) is 0. The SMILES string of the molecule is Cc1ncnc2c1N=C(c1ccc(C3CCC(O[P+](=O)OCc4ccncc4)CC3)cc1)C(C)(C)O2. The normalized spacial score (nSPS) is 21.2. The Morgan fingerprint density at radius 2 is 1.75 bits per heavy atom. The molecule has 9 heteroatoms. The molecule has 0 radical (unpaired) electrons. The quantitative estimate of drug-likeness (QED) is 0.343. The highest BCUT2D eigenvalue weighted by molar-refractivity contribution is 7.33. The zero-order valence-corrected chi connectivity index (χ0v) is 21.6. The Labute approximate surface area is 212 Å². The molecule has 1 atom stereocenters. The minimum atomic E-state index is -2.14. The molecule has 0 bridgehead atoms. The lowest BCUT2D eigenvalue weighted by atomic mass is 9.82. The van der Waals surface area contributed by atoms with Crippen LogP contribution in [0.1, 0.15) is 67.8 Å². The highest BCUT2D eigenvalue weighted by atomic mass is 31.1. The smallest absolute Gasteiger partial charge is 0.463 e. The van der Waals surface area contributed by atoms with Crippen molar-refractivity contribution in [2.75, 3.05) is 0 Å². The van der Waals surface area contributed by atoms with E-state index < -0.39 is 13.9 Å². The number of fused-ring (bicyclic) bond motifs is 1. The third-order valence-electron chi connectivity index (χ3n) is 6.77. The fourth-order valence-corrected chi connectivity index (χ4v) is 5.54. The van der Waals surface area contributed by atoms with E-state index in [1.54, 1.807) is 12.4 Å². The lowest BCUT2D eigenvalue weighted by Crippen LogP contribution is -2.41. The number of nitrogens with zero attached hydrogens (tertiary/aromatic N) is 4. The summed E-state index contributed by atoms with van der Waals surface area (Å²) in [4.78, 5) is 17.4. The van der Waals surface area contributed by atoms with E-state index >= 15 is 0 Å². The minimum absolute atomic E-state index is 0.0401. The maximum Gasteiger partial charge on any atom is 0.698 e. The van der Waals surface area contributed by atoms with Gasteiger partial charge in [-0.2, -0.15) is 4.98 Å². The molecule has 3 heterocycles. The molecule has 1 aliphatic heterocycles. The van der Waals surface area contributed by atoms with Gasteiger partial charge in [0.1, 0.15) is 30.3 Å². The summed E-state index contributed by atoms with van der Waals surface area (Å²) in [7, 11) is -2.14. The van der Waals surface area contributed by atoms with Crippen molar-refractivity contribution in [2.24, 2.45) is 4.99 Å². The average Bonchev–Trinajstić information content (AvgIpc) is 2.88. The molecular formula is C27H30N4O4P+. The predicted octanol–water partition coefficient (Wildman–Crippen LogP) is 6.39. The first-order valence-corrected chi connectivity index (χ1v) is 13.3. The van der Waals surface area contributed by atoms with Crippen molar-refractivity contribution < 1.29 is 18.3 Å². The first kappa shape index (κ1) is 24.6. The number of ether oxygens (including phenoxy) is 1. The number of rotatable bonds is 7. The van der Waals surface area contributed by atoms with Gasteiger partial charge in [0.2, 0.25) is 5.88 Å². The fourth-order valence-electron chi connectivity index (χ4n) is 4.77. The van der Waals surface area contributed by atoms with Crippen LogP contribution in [0.15, 0.2) is 60.1 Å². The van der Waals surface area contributed by atoms with Crippen molar-refractivity contribution in [3.8, 4) is 5.88 Å². The van der Waals surface area contributed by atoms with Crippen molar-refractivity contribution >= 4 is 19.7 Å². The van der Waals surface area contributed by atoms with Crippen molar-refractivity contribution in [3.63, 3.8) is 0 Å². The van der Waals surface area contributed by atoms with Gasteiger partial charge in [-0.3, -0.25) is 4.98 Å². The van der Waals surface area contributed by atoms with Gasteiger partial charge in [0, 0.05) is 22.5 Å². The van der Waals surface area contributed by atoms with Gasteiger partial charge in [-0.25, -0.2) is 9.98 Å². The fraction of sp³-hybridized carbons (Fsp3) is 0.407. The Morgan fingerprint density at radius 3 is 2.47 bits per heavy atom. The molecule has 0 amide bonds. The van der Waals surface area contributed by atoms with E-state index in [4.69, 9.17) is 18.8 Å². The van der Waals surface area contributed by atoms with Gasteiger partial charge in [-0.05, 0) is 75.6 Å². The van der Waals surface area contributed by atoms with Gasteiger partial charge in [-0.15, -0.1) is 9.05 Å². The van der Waals surface area contributed by atoms with E-state index in [9.17, 15) is 4.57 Å². The Bertz CT molecular complexity index is 1260. The molecule has 186 valence electrons. The van der Waals surface area contributed by atoms with Crippen LogP contribution in [0.2, 0.25) is 0 Å². The molecule has 1 unspecified atom stereocenters. The topological polar surface area (TPSA) is 95.8 Å². The monoisotopic (exact) mass is 505 g/mol. The van der Waals surface area contributed by atoms with Crippen LogP contribution in [-0.4, -0.2) is 32.4 Å². The van der Waals surface area contributed by atoms with Crippen molar-refractivity contribution in [3.05, 3.63) is 77.5 Å². The highest BCUT2D eigenvalue weighted by Crippen LogP contribution is 2.40. The van der Waals surface area contributed by atoms with Gasteiger partial charge in [0.15, 0.2) is 0 Å². The molecular weight excluding hydrogens is 475 g/mol. The van der Waals surface area contributed by atoms with Crippen LogP contribution in [-0.2, 0) is 20.2 Å². The second kappa shape index (κ2) is 10.5. The van der Waals surface area contributed by atoms with Gasteiger partial charge >= 0.3 is 8.25 Å². The zero-order chi connectivity index (χ0) is 25.1. The van der Waals surface area contributed by atoms with Gasteiger partial charge in [0.25, 0.3) is 0 Å². The summed E-state index contributed by atoms with van der Waals surface area (Å²) in [5.41, 5.74) is 5.01. The molecule has 1 fully saturated rings. The number of aromatic nitrogens is 3. The molecule has 0 saturated heterocycles. The Hall–Kier alpha value is -3.06. The predicted molar refractivity (Wildman–Crippen MR) is 137 cm³/mol. The Balaban J connectivity index is 1.18. The van der Waals surface area contributed by atoms with Gasteiger partial charge in [0.05, 0.1) is 11.4 Å². The summed E-state index contributed by atoms with van der Waals surface area (Å²) in [6.07, 6.45) is 8.52. The molecule has 1 saturated carbocycles. The van der Waals surface area contributed by atoms with Crippen LogP contribution in [0.4, 0.5) is 5.69 Å². The molecule has 1 aromatic carbocycles. The first-order valence-electron chi connectivity index (χ1n) is 12.2. The van der Waals surface area contributed by atoms with E-state index in [0.29, 0.717) is 17.5 Å². The Kier molecular flexibility index (Phi) is 7.19. The van der Waals surface area contributed by atoms with Crippen LogP contribution in [0.25, 0.3) is 0 Å². The summed E-state index contributed by atoms with van der Waals surface area (Å²) < 4.78 is 29.5. The Morgan fingerprint density at radius 1 is 1.03 bits per heavy atom. The molecule has 0 spiro atoms. The molecule has 8 nitrogen and oxygen atoms in total. The number of pyridine rings is 1. The van der Waals surface area contributed by atoms with Crippen molar-refractivity contribution in [1.82, 2.24) is 15.0 Å². The van der Waals surface area contributed by atoms with E-state index in [1.165, 1.54) is 11.9 Å². The van der Waals surface area contributed by atoms with Crippen LogP contribution >= 0.6 is 8.25 Å². The molecule has 36 heavy (non-hydrogen) atoms. The van der Waals surface area contributed by atoms with Crippen molar-refractivity contribution in [1.29, 1.82) is 0 Å². The second-order valence-electron chi connectivity index (χ2n) is 9.74. The maximum absolute atomic E-state index is 12.2. The third kappa shape index (κ3) is 5.51. The minimum Gasteiger partial charge on any atom is -0.463 e. The number of benzene rings is 1. The van der Waals surface area contributed by atoms with E-state index in [0.717, 1.165) is 48.2 Å². The number of hydrogen-bond acceptors (Lipinski definition) is 8. The average molecular weight is 506 g/mol. The molecule has 0 N–H and O–H groups in total. The summed E-state index contributed by atoms with van der Waals surface area (Å²) in [6.45, 7) is 6.18. The van der Waals surface area contributed by atoms with Gasteiger partial charge in [-0.1, -0.05) is 24.3 Å². The summed E-state index contributed by atoms with van der Waals surface area (Å²) >= 11 is 0. The number of aliphatic imine (C=N–C) groups is 1. The van der Waals surface area contributed by atoms with Crippen LogP contribution in [0.5, 0.6) is 5.88 Å². The maximum atomic E-state index is 12.2. The van der Waals surface area contributed by atoms with Crippen LogP contribution < -0.4 is 4.74 Å². The molecule has 3 aromatic rings. The summed E-state index contributed by atoms with van der Waals surface area (Å²) in [6, 6.07) is 12.3. The van der Waals surface area contributed by atoms with Crippen LogP contribution in [0, 0.1) is 6.92 Å². The summed E-state index contributed by atoms with van der Waals surface area (Å²) in [5.74, 6) is 0.972. The first-order chi connectivity index (χ1) is 17.4. The largest absolute Gasteiger partial charge is 0.698 e. The van der Waals surface area contributed by atoms with Crippen molar-refractivity contribution in [2.45, 2.75) is 70.7 Å². The van der Waals surface area contributed by atoms with E-state index in [-0.39, 0.29) is 12.7 Å². The highest BCUT2D eigenvalue weighted by Gasteiger charge is 2.35. The third-order valence-corrected chi connectivity index (χ3v) is 7.58. The zero-order valence-electron chi connectivity index (χ0n) is 20.8. The van der Waals surface area contributed by atoms with E-state index in [1.807, 2.05) is 32.9 Å². The van der Waals surface area contributed by atoms with Gasteiger partial charge < -0.3 is 4.74 Å². The molecule has 2 aromatic heterocycles. The molecule has 1 aliphatic carbocycles. The standard InChI is InChI=1S/C27H30N4O4P/c1-18-24-26(30-17-29-18)34-27(2,3)25(31-24)22-6-4-20(5-7-22)21-8-10-23(11-9-21)35-36(32)33-16-19-12-14-28-15-13-19/h4-7,12-15,17,21,23H,8-11,16H2,1-3H3/q+1.